The number of nitrogens with one attached hydrogen (secondary N) is 2. The third-order valence-electron chi connectivity index (χ3n) is 5.60. The molecular weight excluding hydrogens is 494 g/mol. The van der Waals surface area contributed by atoms with Gasteiger partial charge in [0.1, 0.15) is 6.04 Å². The van der Waals surface area contributed by atoms with Gasteiger partial charge < -0.3 is 35.8 Å². The second-order valence-corrected chi connectivity index (χ2v) is 9.48. The summed E-state index contributed by atoms with van der Waals surface area (Å²) < 4.78 is 5.01. The van der Waals surface area contributed by atoms with Crippen molar-refractivity contribution in [3.63, 3.8) is 0 Å². The lowest BCUT2D eigenvalue weighted by molar-refractivity contribution is -0.147. The van der Waals surface area contributed by atoms with Crippen molar-refractivity contribution >= 4 is 35.5 Å². The predicted octanol–water partition coefficient (Wildman–Crippen LogP) is 1.07. The average Bonchev–Trinajstić information content (AvgIpc) is 3.21. The van der Waals surface area contributed by atoms with Crippen LogP contribution in [0.2, 0.25) is 0 Å². The standard InChI is InChI=1S/C25H39N7O6/c1-17(2)37-21(33)11-13-27-24(35)28-20-12-16-32(23(20)34)19-9-7-18(8-10-19)22(26)29-38-25(36)31(5)15-6-14-30(3)4/h7-10,17,20H,6,11-16H2,1-5H3,(H2,26,29)(H2,27,28,35). The number of amidine groups is 1. The first kappa shape index (κ1) is 30.4. The molecule has 0 bridgehead atoms. The lowest BCUT2D eigenvalue weighted by Crippen LogP contribution is -2.46. The minimum atomic E-state index is -0.682. The van der Waals surface area contributed by atoms with E-state index in [1.807, 2.05) is 19.0 Å². The van der Waals surface area contributed by atoms with E-state index in [1.54, 1.807) is 50.1 Å². The van der Waals surface area contributed by atoms with E-state index < -0.39 is 24.1 Å². The van der Waals surface area contributed by atoms with Crippen LogP contribution in [0.4, 0.5) is 15.3 Å². The molecule has 4 N–H and O–H groups in total. The molecule has 210 valence electrons. The summed E-state index contributed by atoms with van der Waals surface area (Å²) in [7, 11) is 5.54. The van der Waals surface area contributed by atoms with Crippen molar-refractivity contribution in [1.82, 2.24) is 20.4 Å². The van der Waals surface area contributed by atoms with Crippen molar-refractivity contribution in [2.75, 3.05) is 52.2 Å². The summed E-state index contributed by atoms with van der Waals surface area (Å²) >= 11 is 0. The first-order valence-electron chi connectivity index (χ1n) is 12.5. The fraction of sp³-hybridized carbons (Fsp3) is 0.560. The molecule has 4 amide bonds. The van der Waals surface area contributed by atoms with Crippen LogP contribution in [-0.4, -0.2) is 99.1 Å². The molecule has 1 fully saturated rings. The number of amides is 4. The summed E-state index contributed by atoms with van der Waals surface area (Å²) in [5.41, 5.74) is 7.11. The van der Waals surface area contributed by atoms with Crippen molar-refractivity contribution in [2.45, 2.75) is 45.3 Å². The maximum atomic E-state index is 12.8. The van der Waals surface area contributed by atoms with E-state index in [1.165, 1.54) is 4.90 Å². The SMILES string of the molecule is CC(C)OC(=O)CCNC(=O)NC1CCN(c2ccc(C(N)=NOC(=O)N(C)CCCN(C)C)cc2)C1=O. The molecule has 1 aliphatic heterocycles. The van der Waals surface area contributed by atoms with Gasteiger partial charge in [-0.15, -0.1) is 0 Å². The van der Waals surface area contributed by atoms with Gasteiger partial charge >= 0.3 is 18.1 Å². The highest BCUT2D eigenvalue weighted by Crippen LogP contribution is 2.22. The first-order chi connectivity index (χ1) is 18.0. The number of carbonyl (C=O) groups is 4. The third-order valence-corrected chi connectivity index (χ3v) is 5.60. The summed E-state index contributed by atoms with van der Waals surface area (Å²) in [4.78, 5) is 58.5. The molecule has 0 aliphatic carbocycles. The van der Waals surface area contributed by atoms with Gasteiger partial charge in [0.15, 0.2) is 5.84 Å². The lowest BCUT2D eigenvalue weighted by Gasteiger charge is -2.18. The topological polar surface area (TPSA) is 159 Å². The fourth-order valence-corrected chi connectivity index (χ4v) is 3.62. The lowest BCUT2D eigenvalue weighted by atomic mass is 10.2. The molecule has 1 heterocycles. The Morgan fingerprint density at radius 3 is 2.47 bits per heavy atom. The number of hydrogen-bond acceptors (Lipinski definition) is 8. The van der Waals surface area contributed by atoms with Gasteiger partial charge in [-0.05, 0) is 71.6 Å². The Balaban J connectivity index is 1.83. The minimum Gasteiger partial charge on any atom is -0.463 e. The Labute approximate surface area is 223 Å². The van der Waals surface area contributed by atoms with Crippen molar-refractivity contribution in [1.29, 1.82) is 0 Å². The van der Waals surface area contributed by atoms with Crippen LogP contribution in [0, 0.1) is 0 Å². The number of urea groups is 1. The molecular formula is C25H39N7O6. The van der Waals surface area contributed by atoms with Gasteiger partial charge in [-0.25, -0.2) is 9.59 Å². The number of rotatable bonds is 12. The largest absolute Gasteiger partial charge is 0.463 e. The van der Waals surface area contributed by atoms with Crippen LogP contribution >= 0.6 is 0 Å². The Hall–Kier alpha value is -3.87. The molecule has 1 aliphatic rings. The molecule has 38 heavy (non-hydrogen) atoms. The Morgan fingerprint density at radius 2 is 1.84 bits per heavy atom. The van der Waals surface area contributed by atoms with Crippen LogP contribution in [0.5, 0.6) is 0 Å². The quantitative estimate of drug-likeness (QED) is 0.118. The van der Waals surface area contributed by atoms with E-state index in [9.17, 15) is 19.2 Å². The van der Waals surface area contributed by atoms with Crippen LogP contribution < -0.4 is 21.3 Å². The van der Waals surface area contributed by atoms with E-state index in [0.717, 1.165) is 13.0 Å². The number of anilines is 1. The van der Waals surface area contributed by atoms with Crippen LogP contribution in [0.25, 0.3) is 0 Å². The van der Waals surface area contributed by atoms with E-state index in [0.29, 0.717) is 30.8 Å². The van der Waals surface area contributed by atoms with Gasteiger partial charge in [-0.2, -0.15) is 0 Å². The normalized spacial score (nSPS) is 15.6. The Morgan fingerprint density at radius 1 is 1.16 bits per heavy atom. The molecule has 1 aromatic carbocycles. The van der Waals surface area contributed by atoms with Gasteiger partial charge in [0.25, 0.3) is 0 Å². The number of ether oxygens (including phenoxy) is 1. The zero-order valence-electron chi connectivity index (χ0n) is 22.7. The van der Waals surface area contributed by atoms with Crippen LogP contribution in [0.15, 0.2) is 29.4 Å². The van der Waals surface area contributed by atoms with Gasteiger partial charge in [0.05, 0.1) is 12.5 Å². The van der Waals surface area contributed by atoms with Crippen LogP contribution in [-0.2, 0) is 19.2 Å². The molecule has 2 rings (SSSR count). The van der Waals surface area contributed by atoms with Crippen LogP contribution in [0.1, 0.15) is 38.7 Å². The van der Waals surface area contributed by atoms with Crippen molar-refractivity contribution in [2.24, 2.45) is 10.9 Å². The summed E-state index contributed by atoms with van der Waals surface area (Å²) in [5, 5.41) is 8.92. The first-order valence-corrected chi connectivity index (χ1v) is 12.5. The van der Waals surface area contributed by atoms with Gasteiger partial charge in [-0.3, -0.25) is 14.4 Å². The molecule has 1 atom stereocenters. The highest BCUT2D eigenvalue weighted by molar-refractivity contribution is 6.02. The smallest absolute Gasteiger partial charge is 0.435 e. The maximum absolute atomic E-state index is 12.8. The van der Waals surface area contributed by atoms with Crippen LogP contribution in [0.3, 0.4) is 0 Å². The molecule has 0 radical (unpaired) electrons. The number of oxime groups is 1. The number of esters is 1. The summed E-state index contributed by atoms with van der Waals surface area (Å²) in [6.07, 6.45) is 0.449. The number of nitrogens with zero attached hydrogens (tertiary/aromatic N) is 4. The highest BCUT2D eigenvalue weighted by Gasteiger charge is 2.33. The molecule has 13 nitrogen and oxygen atoms in total. The van der Waals surface area contributed by atoms with E-state index in [4.69, 9.17) is 15.3 Å². The number of benzene rings is 1. The highest BCUT2D eigenvalue weighted by atomic mass is 16.7. The second-order valence-electron chi connectivity index (χ2n) is 9.48. The zero-order chi connectivity index (χ0) is 28.2. The molecule has 1 unspecified atom stereocenters. The number of carbonyl (C=O) groups excluding carboxylic acids is 4. The van der Waals surface area contributed by atoms with E-state index >= 15 is 0 Å². The maximum Gasteiger partial charge on any atom is 0.435 e. The summed E-state index contributed by atoms with van der Waals surface area (Å²) in [6, 6.07) is 5.53. The number of hydrogen-bond donors (Lipinski definition) is 3. The summed E-state index contributed by atoms with van der Waals surface area (Å²) in [5.74, 6) is -0.633. The molecule has 0 aromatic heterocycles. The molecule has 1 saturated heterocycles. The fourth-order valence-electron chi connectivity index (χ4n) is 3.62. The monoisotopic (exact) mass is 533 g/mol. The molecule has 0 saturated carbocycles. The molecule has 13 heteroatoms. The second kappa shape index (κ2) is 14.8. The van der Waals surface area contributed by atoms with Crippen molar-refractivity contribution < 1.29 is 28.8 Å². The summed E-state index contributed by atoms with van der Waals surface area (Å²) in [6.45, 7) is 5.39. The average molecular weight is 534 g/mol. The predicted molar refractivity (Wildman–Crippen MR) is 143 cm³/mol. The van der Waals surface area contributed by atoms with E-state index in [-0.39, 0.29) is 30.8 Å². The van der Waals surface area contributed by atoms with E-state index in [2.05, 4.69) is 15.8 Å². The third kappa shape index (κ3) is 9.88. The van der Waals surface area contributed by atoms with Gasteiger partial charge in [0, 0.05) is 37.9 Å². The zero-order valence-corrected chi connectivity index (χ0v) is 22.7. The van der Waals surface area contributed by atoms with Crippen molar-refractivity contribution in [3.8, 4) is 0 Å². The molecule has 1 aromatic rings. The minimum absolute atomic E-state index is 0.0211. The Bertz CT molecular complexity index is 996. The van der Waals surface area contributed by atoms with Gasteiger partial charge in [-0.1, -0.05) is 5.16 Å². The van der Waals surface area contributed by atoms with Gasteiger partial charge in [0.2, 0.25) is 5.91 Å². The Kier molecular flexibility index (Phi) is 11.8. The number of nitrogens with two attached hydrogens (primary N) is 1. The molecule has 0 spiro atoms. The van der Waals surface area contributed by atoms with Crippen molar-refractivity contribution in [3.05, 3.63) is 29.8 Å².